The summed E-state index contributed by atoms with van der Waals surface area (Å²) in [5, 5.41) is 0. The van der Waals surface area contributed by atoms with Gasteiger partial charge in [-0.1, -0.05) is 78.9 Å². The third kappa shape index (κ3) is 5.47. The van der Waals surface area contributed by atoms with Gasteiger partial charge in [-0.3, -0.25) is 14.8 Å². The molecule has 0 aliphatic carbocycles. The average Bonchev–Trinajstić information content (AvgIpc) is 2.95. The number of aliphatic imine (C=N–C) groups is 2. The van der Waals surface area contributed by atoms with Gasteiger partial charge in [0.2, 0.25) is 0 Å². The Bertz CT molecular complexity index is 1140. The number of amides is 1. The molecular formula is C27H29N5O. The third-order valence-electron chi connectivity index (χ3n) is 5.69. The van der Waals surface area contributed by atoms with E-state index in [4.69, 9.17) is 16.5 Å². The molecule has 6 nitrogen and oxygen atoms in total. The Hall–Kier alpha value is -3.93. The molecule has 1 atom stereocenters. The van der Waals surface area contributed by atoms with E-state index in [0.29, 0.717) is 19.5 Å². The summed E-state index contributed by atoms with van der Waals surface area (Å²) in [5.74, 6) is 0.106. The van der Waals surface area contributed by atoms with E-state index in [1.807, 2.05) is 89.8 Å². The number of benzene rings is 3. The van der Waals surface area contributed by atoms with E-state index >= 15 is 0 Å². The smallest absolute Gasteiger partial charge is 0.252 e. The van der Waals surface area contributed by atoms with Crippen LogP contribution in [0.5, 0.6) is 0 Å². The Kier molecular flexibility index (Phi) is 7.15. The Labute approximate surface area is 194 Å². The zero-order valence-corrected chi connectivity index (χ0v) is 18.6. The van der Waals surface area contributed by atoms with Crippen LogP contribution in [0.4, 0.5) is 5.69 Å². The van der Waals surface area contributed by atoms with Crippen molar-refractivity contribution < 1.29 is 4.79 Å². The van der Waals surface area contributed by atoms with Gasteiger partial charge in [0.25, 0.3) is 5.91 Å². The Balaban J connectivity index is 1.71. The molecule has 0 bridgehead atoms. The number of carbonyl (C=O) groups is 1. The van der Waals surface area contributed by atoms with Gasteiger partial charge in [-0.25, -0.2) is 0 Å². The van der Waals surface area contributed by atoms with E-state index in [1.54, 1.807) is 0 Å². The van der Waals surface area contributed by atoms with E-state index in [9.17, 15) is 4.79 Å². The summed E-state index contributed by atoms with van der Waals surface area (Å²) in [6.07, 6.45) is 2.13. The second-order valence-electron chi connectivity index (χ2n) is 8.07. The molecule has 168 valence electrons. The Morgan fingerprint density at radius 3 is 2.27 bits per heavy atom. The zero-order chi connectivity index (χ0) is 23.0. The number of unbranched alkanes of at least 4 members (excludes halogenated alkanes) is 1. The lowest BCUT2D eigenvalue weighted by molar-refractivity contribution is -0.119. The number of benzodiazepines with no additional fused rings is 1. The van der Waals surface area contributed by atoms with Crippen LogP contribution in [0.3, 0.4) is 0 Å². The highest BCUT2D eigenvalue weighted by molar-refractivity contribution is 6.20. The minimum atomic E-state index is -0.507. The molecule has 0 spiro atoms. The van der Waals surface area contributed by atoms with Crippen molar-refractivity contribution >= 4 is 23.3 Å². The van der Waals surface area contributed by atoms with Crippen LogP contribution in [0, 0.1) is 0 Å². The fraction of sp³-hybridized carbons (Fsp3) is 0.222. The molecule has 1 heterocycles. The normalized spacial score (nSPS) is 15.4. The first-order valence-corrected chi connectivity index (χ1v) is 11.3. The summed E-state index contributed by atoms with van der Waals surface area (Å²) < 4.78 is 0. The maximum Gasteiger partial charge on any atom is 0.252 e. The van der Waals surface area contributed by atoms with Gasteiger partial charge in [0.15, 0.2) is 5.96 Å². The van der Waals surface area contributed by atoms with E-state index in [2.05, 4.69) is 4.99 Å². The highest BCUT2D eigenvalue weighted by Crippen LogP contribution is 2.29. The highest BCUT2D eigenvalue weighted by atomic mass is 16.2. The van der Waals surface area contributed by atoms with Gasteiger partial charge in [0.1, 0.15) is 6.04 Å². The van der Waals surface area contributed by atoms with Crippen molar-refractivity contribution in [2.75, 3.05) is 18.0 Å². The SMILES string of the molecule is NC(N)=NCCCCN1C(=O)[C@@H](Cc2ccccc2)N=C(c2ccccc2)c2ccccc21. The first kappa shape index (κ1) is 22.3. The number of para-hydroxylation sites is 1. The second kappa shape index (κ2) is 10.6. The van der Waals surface area contributed by atoms with Crippen LogP contribution in [0.25, 0.3) is 0 Å². The topological polar surface area (TPSA) is 97.1 Å². The maximum absolute atomic E-state index is 13.8. The predicted molar refractivity (Wildman–Crippen MR) is 135 cm³/mol. The monoisotopic (exact) mass is 439 g/mol. The molecule has 0 radical (unpaired) electrons. The predicted octanol–water partition coefficient (Wildman–Crippen LogP) is 3.54. The van der Waals surface area contributed by atoms with Crippen LogP contribution in [0.2, 0.25) is 0 Å². The van der Waals surface area contributed by atoms with Crippen LogP contribution >= 0.6 is 0 Å². The molecule has 1 amide bonds. The fourth-order valence-corrected chi connectivity index (χ4v) is 4.11. The summed E-state index contributed by atoms with van der Waals surface area (Å²) in [4.78, 5) is 24.8. The van der Waals surface area contributed by atoms with Gasteiger partial charge in [-0.2, -0.15) is 0 Å². The highest BCUT2D eigenvalue weighted by Gasteiger charge is 2.31. The molecule has 0 aromatic heterocycles. The largest absolute Gasteiger partial charge is 0.370 e. The molecule has 0 unspecified atom stereocenters. The van der Waals surface area contributed by atoms with Crippen molar-refractivity contribution in [2.24, 2.45) is 21.5 Å². The summed E-state index contributed by atoms with van der Waals surface area (Å²) in [6.45, 7) is 1.13. The van der Waals surface area contributed by atoms with Crippen molar-refractivity contribution in [1.29, 1.82) is 0 Å². The maximum atomic E-state index is 13.8. The molecule has 1 aliphatic heterocycles. The molecule has 0 saturated carbocycles. The average molecular weight is 440 g/mol. The van der Waals surface area contributed by atoms with Crippen molar-refractivity contribution in [1.82, 2.24) is 0 Å². The standard InChI is InChI=1S/C27H29N5O/c28-27(29)30-17-9-10-18-32-24-16-8-7-15-22(24)25(21-13-5-2-6-14-21)31-23(26(32)33)19-20-11-3-1-4-12-20/h1-8,11-16,23H,9-10,17-19H2,(H4,28,29,30)/t23-/m1/s1. The molecule has 3 aromatic carbocycles. The molecule has 3 aromatic rings. The van der Waals surface area contributed by atoms with Gasteiger partial charge < -0.3 is 16.4 Å². The molecule has 4 rings (SSSR count). The number of nitrogens with zero attached hydrogens (tertiary/aromatic N) is 3. The van der Waals surface area contributed by atoms with Crippen LogP contribution in [0.15, 0.2) is 94.9 Å². The Morgan fingerprint density at radius 1 is 0.879 bits per heavy atom. The Morgan fingerprint density at radius 2 is 1.55 bits per heavy atom. The van der Waals surface area contributed by atoms with Crippen LogP contribution < -0.4 is 16.4 Å². The van der Waals surface area contributed by atoms with Gasteiger partial charge in [-0.05, 0) is 24.5 Å². The van der Waals surface area contributed by atoms with Gasteiger partial charge in [-0.15, -0.1) is 0 Å². The lowest BCUT2D eigenvalue weighted by Gasteiger charge is -2.25. The summed E-state index contributed by atoms with van der Waals surface area (Å²) in [5.41, 5.74) is 15.7. The quantitative estimate of drug-likeness (QED) is 0.319. The fourth-order valence-electron chi connectivity index (χ4n) is 4.11. The molecule has 0 fully saturated rings. The zero-order valence-electron chi connectivity index (χ0n) is 18.6. The van der Waals surface area contributed by atoms with Crippen LogP contribution in [0.1, 0.15) is 29.5 Å². The molecule has 6 heteroatoms. The summed E-state index contributed by atoms with van der Waals surface area (Å²) >= 11 is 0. The van der Waals surface area contributed by atoms with E-state index in [1.165, 1.54) is 0 Å². The number of hydrogen-bond acceptors (Lipinski definition) is 3. The van der Waals surface area contributed by atoms with Crippen molar-refractivity contribution in [3.63, 3.8) is 0 Å². The molecule has 4 N–H and O–H groups in total. The van der Waals surface area contributed by atoms with Crippen LogP contribution in [-0.4, -0.2) is 36.7 Å². The minimum absolute atomic E-state index is 0.0130. The van der Waals surface area contributed by atoms with E-state index < -0.39 is 6.04 Å². The molecule has 1 aliphatic rings. The lowest BCUT2D eigenvalue weighted by atomic mass is 10.00. The molecule has 33 heavy (non-hydrogen) atoms. The molecular weight excluding hydrogens is 410 g/mol. The first-order chi connectivity index (χ1) is 16.1. The number of nitrogens with two attached hydrogens (primary N) is 2. The lowest BCUT2D eigenvalue weighted by Crippen LogP contribution is -2.39. The van der Waals surface area contributed by atoms with Crippen molar-refractivity contribution in [3.8, 4) is 0 Å². The minimum Gasteiger partial charge on any atom is -0.370 e. The number of guanidine groups is 1. The number of hydrogen-bond donors (Lipinski definition) is 2. The van der Waals surface area contributed by atoms with E-state index in [0.717, 1.165) is 40.9 Å². The van der Waals surface area contributed by atoms with Crippen molar-refractivity contribution in [2.45, 2.75) is 25.3 Å². The number of fused-ring (bicyclic) bond motifs is 1. The first-order valence-electron chi connectivity index (χ1n) is 11.3. The number of rotatable bonds is 8. The summed E-state index contributed by atoms with van der Waals surface area (Å²) in [6, 6.07) is 27.7. The van der Waals surface area contributed by atoms with Crippen LogP contribution in [-0.2, 0) is 11.2 Å². The number of anilines is 1. The van der Waals surface area contributed by atoms with Crippen molar-refractivity contribution in [3.05, 3.63) is 102 Å². The van der Waals surface area contributed by atoms with Gasteiger partial charge in [0, 0.05) is 30.6 Å². The van der Waals surface area contributed by atoms with Gasteiger partial charge in [0.05, 0.1) is 11.4 Å². The third-order valence-corrected chi connectivity index (χ3v) is 5.69. The molecule has 0 saturated heterocycles. The van der Waals surface area contributed by atoms with Gasteiger partial charge >= 0.3 is 0 Å². The summed E-state index contributed by atoms with van der Waals surface area (Å²) in [7, 11) is 0. The van der Waals surface area contributed by atoms with E-state index in [-0.39, 0.29) is 11.9 Å². The second-order valence-corrected chi connectivity index (χ2v) is 8.07. The number of carbonyl (C=O) groups excluding carboxylic acids is 1.